The van der Waals surface area contributed by atoms with E-state index in [2.05, 4.69) is 10.3 Å². The summed E-state index contributed by atoms with van der Waals surface area (Å²) in [6.45, 7) is 1.80. The van der Waals surface area contributed by atoms with E-state index in [1.54, 1.807) is 20.1 Å². The second kappa shape index (κ2) is 6.15. The fourth-order valence-corrected chi connectivity index (χ4v) is 2.25. The standard InChI is InChI=1S/C14H14N2O2S/c1-3-4-13(17)16-14-15-12(9-19-14)10-5-7-11(18-2)8-6-10/h3-9H,1-2H3,(H,15,16,17)/b4-3-. The normalized spacial score (nSPS) is 10.6. The van der Waals surface area contributed by atoms with E-state index in [0.717, 1.165) is 17.0 Å². The van der Waals surface area contributed by atoms with Crippen molar-refractivity contribution in [3.8, 4) is 17.0 Å². The quantitative estimate of drug-likeness (QED) is 0.870. The van der Waals surface area contributed by atoms with Gasteiger partial charge >= 0.3 is 0 Å². The van der Waals surface area contributed by atoms with Crippen molar-refractivity contribution in [2.24, 2.45) is 0 Å². The Hall–Kier alpha value is -2.14. The van der Waals surface area contributed by atoms with E-state index >= 15 is 0 Å². The number of carbonyl (C=O) groups is 1. The van der Waals surface area contributed by atoms with E-state index in [4.69, 9.17) is 4.74 Å². The van der Waals surface area contributed by atoms with Crippen LogP contribution in [0.4, 0.5) is 5.13 Å². The third kappa shape index (κ3) is 3.42. The zero-order valence-electron chi connectivity index (χ0n) is 10.7. The first-order valence-electron chi connectivity index (χ1n) is 5.76. The van der Waals surface area contributed by atoms with Gasteiger partial charge in [0.15, 0.2) is 5.13 Å². The molecule has 1 N–H and O–H groups in total. The molecule has 0 aliphatic carbocycles. The van der Waals surface area contributed by atoms with Gasteiger partial charge in [0.1, 0.15) is 5.75 Å². The third-order valence-corrected chi connectivity index (χ3v) is 3.20. The number of benzene rings is 1. The summed E-state index contributed by atoms with van der Waals surface area (Å²) in [7, 11) is 1.63. The van der Waals surface area contributed by atoms with E-state index in [1.807, 2.05) is 29.6 Å². The average Bonchev–Trinajstić information content (AvgIpc) is 2.87. The molecule has 0 aliphatic rings. The molecule has 1 aromatic heterocycles. The van der Waals surface area contributed by atoms with E-state index in [-0.39, 0.29) is 5.91 Å². The predicted molar refractivity (Wildman–Crippen MR) is 77.5 cm³/mol. The SMILES string of the molecule is C/C=C\C(=O)Nc1nc(-c2ccc(OC)cc2)cs1. The number of nitrogens with one attached hydrogen (secondary N) is 1. The minimum absolute atomic E-state index is 0.168. The Morgan fingerprint density at radius 2 is 2.11 bits per heavy atom. The number of thiazole rings is 1. The molecular weight excluding hydrogens is 260 g/mol. The summed E-state index contributed by atoms with van der Waals surface area (Å²) in [5.41, 5.74) is 1.83. The van der Waals surface area contributed by atoms with Gasteiger partial charge in [-0.2, -0.15) is 0 Å². The van der Waals surface area contributed by atoms with Crippen molar-refractivity contribution in [3.05, 3.63) is 41.8 Å². The number of amides is 1. The zero-order chi connectivity index (χ0) is 13.7. The number of aromatic nitrogens is 1. The van der Waals surface area contributed by atoms with Crippen LogP contribution in [-0.2, 0) is 4.79 Å². The summed E-state index contributed by atoms with van der Waals surface area (Å²) in [5.74, 6) is 0.638. The summed E-state index contributed by atoms with van der Waals surface area (Å²) < 4.78 is 5.11. The molecule has 0 radical (unpaired) electrons. The van der Waals surface area contributed by atoms with Crippen molar-refractivity contribution in [2.75, 3.05) is 12.4 Å². The summed E-state index contributed by atoms with van der Waals surface area (Å²) in [5, 5.41) is 5.21. The molecule has 19 heavy (non-hydrogen) atoms. The Morgan fingerprint density at radius 1 is 1.37 bits per heavy atom. The highest BCUT2D eigenvalue weighted by molar-refractivity contribution is 7.14. The Bertz CT molecular complexity index is 588. The first-order valence-corrected chi connectivity index (χ1v) is 6.64. The van der Waals surface area contributed by atoms with Gasteiger partial charge in [-0.1, -0.05) is 6.08 Å². The predicted octanol–water partition coefficient (Wildman–Crippen LogP) is 3.33. The van der Waals surface area contributed by atoms with Gasteiger partial charge in [-0.25, -0.2) is 4.98 Å². The molecular formula is C14H14N2O2S. The molecule has 0 saturated carbocycles. The van der Waals surface area contributed by atoms with Crippen LogP contribution in [0.1, 0.15) is 6.92 Å². The molecule has 0 fully saturated rings. The van der Waals surface area contributed by atoms with Gasteiger partial charge in [-0.05, 0) is 37.3 Å². The Kier molecular flexibility index (Phi) is 4.30. The zero-order valence-corrected chi connectivity index (χ0v) is 11.5. The van der Waals surface area contributed by atoms with Gasteiger partial charge in [-0.15, -0.1) is 11.3 Å². The van der Waals surface area contributed by atoms with E-state index in [0.29, 0.717) is 5.13 Å². The van der Waals surface area contributed by atoms with E-state index < -0.39 is 0 Å². The lowest BCUT2D eigenvalue weighted by atomic mass is 10.2. The van der Waals surface area contributed by atoms with Gasteiger partial charge in [0.2, 0.25) is 5.91 Å². The number of rotatable bonds is 4. The lowest BCUT2D eigenvalue weighted by Crippen LogP contribution is -2.07. The molecule has 0 bridgehead atoms. The van der Waals surface area contributed by atoms with Crippen molar-refractivity contribution in [2.45, 2.75) is 6.92 Å². The maximum Gasteiger partial charge on any atom is 0.249 e. The van der Waals surface area contributed by atoms with E-state index in [9.17, 15) is 4.79 Å². The van der Waals surface area contributed by atoms with Crippen LogP contribution in [0.3, 0.4) is 0 Å². The maximum absolute atomic E-state index is 11.4. The average molecular weight is 274 g/mol. The van der Waals surface area contributed by atoms with Gasteiger partial charge < -0.3 is 4.74 Å². The maximum atomic E-state index is 11.4. The molecule has 2 rings (SSSR count). The summed E-state index contributed by atoms with van der Waals surface area (Å²) in [4.78, 5) is 15.8. The second-order valence-corrected chi connectivity index (χ2v) is 4.61. The van der Waals surface area contributed by atoms with Crippen LogP contribution < -0.4 is 10.1 Å². The van der Waals surface area contributed by atoms with Crippen molar-refractivity contribution >= 4 is 22.4 Å². The first kappa shape index (κ1) is 13.3. The molecule has 1 heterocycles. The van der Waals surface area contributed by atoms with Gasteiger partial charge in [0.25, 0.3) is 0 Å². The number of hydrogen-bond donors (Lipinski definition) is 1. The highest BCUT2D eigenvalue weighted by Crippen LogP contribution is 2.26. The van der Waals surface area contributed by atoms with Crippen molar-refractivity contribution in [1.29, 1.82) is 0 Å². The van der Waals surface area contributed by atoms with Crippen molar-refractivity contribution in [3.63, 3.8) is 0 Å². The van der Waals surface area contributed by atoms with Crippen LogP contribution in [0.2, 0.25) is 0 Å². The lowest BCUT2D eigenvalue weighted by Gasteiger charge is -2.00. The fraction of sp³-hybridized carbons (Fsp3) is 0.143. The number of nitrogens with zero attached hydrogens (tertiary/aromatic N) is 1. The highest BCUT2D eigenvalue weighted by Gasteiger charge is 2.06. The highest BCUT2D eigenvalue weighted by atomic mass is 32.1. The molecule has 0 spiro atoms. The summed E-state index contributed by atoms with van der Waals surface area (Å²) >= 11 is 1.40. The molecule has 0 saturated heterocycles. The smallest absolute Gasteiger partial charge is 0.249 e. The topological polar surface area (TPSA) is 51.2 Å². The molecule has 4 nitrogen and oxygen atoms in total. The van der Waals surface area contributed by atoms with Crippen LogP contribution in [0.5, 0.6) is 5.75 Å². The molecule has 2 aromatic rings. The fourth-order valence-electron chi connectivity index (χ4n) is 1.52. The van der Waals surface area contributed by atoms with Gasteiger partial charge in [-0.3, -0.25) is 10.1 Å². The van der Waals surface area contributed by atoms with Crippen molar-refractivity contribution < 1.29 is 9.53 Å². The van der Waals surface area contributed by atoms with Crippen LogP contribution in [0.25, 0.3) is 11.3 Å². The number of anilines is 1. The number of allylic oxidation sites excluding steroid dienone is 1. The van der Waals surface area contributed by atoms with Crippen molar-refractivity contribution in [1.82, 2.24) is 4.98 Å². The second-order valence-electron chi connectivity index (χ2n) is 3.76. The molecule has 0 aliphatic heterocycles. The molecule has 0 unspecified atom stereocenters. The van der Waals surface area contributed by atoms with Gasteiger partial charge in [0, 0.05) is 10.9 Å². The summed E-state index contributed by atoms with van der Waals surface area (Å²) in [6, 6.07) is 7.64. The number of hydrogen-bond acceptors (Lipinski definition) is 4. The largest absolute Gasteiger partial charge is 0.497 e. The number of ether oxygens (including phenoxy) is 1. The Labute approximate surface area is 115 Å². The first-order chi connectivity index (χ1) is 9.22. The van der Waals surface area contributed by atoms with Crippen LogP contribution in [0, 0.1) is 0 Å². The minimum atomic E-state index is -0.168. The minimum Gasteiger partial charge on any atom is -0.497 e. The lowest BCUT2D eigenvalue weighted by molar-refractivity contribution is -0.111. The third-order valence-electron chi connectivity index (χ3n) is 2.44. The van der Waals surface area contributed by atoms with Crippen LogP contribution in [0.15, 0.2) is 41.8 Å². The summed E-state index contributed by atoms with van der Waals surface area (Å²) in [6.07, 6.45) is 3.15. The molecule has 0 atom stereocenters. The monoisotopic (exact) mass is 274 g/mol. The molecule has 1 aromatic carbocycles. The van der Waals surface area contributed by atoms with E-state index in [1.165, 1.54) is 17.4 Å². The molecule has 98 valence electrons. The van der Waals surface area contributed by atoms with Crippen LogP contribution in [-0.4, -0.2) is 18.0 Å². The number of carbonyl (C=O) groups excluding carboxylic acids is 1. The van der Waals surface area contributed by atoms with Crippen LogP contribution >= 0.6 is 11.3 Å². The Morgan fingerprint density at radius 3 is 2.74 bits per heavy atom. The Balaban J connectivity index is 2.13. The number of methoxy groups -OCH3 is 1. The molecule has 1 amide bonds. The molecule has 5 heteroatoms. The van der Waals surface area contributed by atoms with Gasteiger partial charge in [0.05, 0.1) is 12.8 Å².